The lowest BCUT2D eigenvalue weighted by molar-refractivity contribution is -0.113. The topological polar surface area (TPSA) is 38.8 Å². The van der Waals surface area contributed by atoms with Crippen LogP contribution in [0.5, 0.6) is 11.5 Å². The molecule has 0 spiro atoms. The zero-order valence-corrected chi connectivity index (χ0v) is 16.8. The molecule has 0 radical (unpaired) electrons. The van der Waals surface area contributed by atoms with Gasteiger partial charge in [-0.1, -0.05) is 50.8 Å². The van der Waals surface area contributed by atoms with Crippen molar-refractivity contribution in [2.75, 3.05) is 24.7 Å². The quantitative estimate of drug-likeness (QED) is 0.469. The summed E-state index contributed by atoms with van der Waals surface area (Å²) in [5, 5.41) is 0. The van der Waals surface area contributed by atoms with Crippen molar-refractivity contribution >= 4 is 23.2 Å². The molecule has 0 unspecified atom stereocenters. The number of nitrogens with zero attached hydrogens (tertiary/aromatic N) is 1. The maximum absolute atomic E-state index is 13.1. The van der Waals surface area contributed by atoms with Crippen LogP contribution < -0.4 is 14.4 Å². The molecule has 3 rings (SSSR count). The van der Waals surface area contributed by atoms with Gasteiger partial charge in [0.25, 0.3) is 5.91 Å². The molecule has 0 fully saturated rings. The molecule has 0 saturated carbocycles. The van der Waals surface area contributed by atoms with E-state index in [2.05, 4.69) is 20.4 Å². The predicted molar refractivity (Wildman–Crippen MR) is 115 cm³/mol. The van der Waals surface area contributed by atoms with Gasteiger partial charge in [-0.15, -0.1) is 0 Å². The molecule has 1 aliphatic heterocycles. The van der Waals surface area contributed by atoms with E-state index in [1.165, 1.54) is 0 Å². The summed E-state index contributed by atoms with van der Waals surface area (Å²) < 4.78 is 11.4. The summed E-state index contributed by atoms with van der Waals surface area (Å²) in [5.41, 5.74) is 3.55. The van der Waals surface area contributed by atoms with E-state index in [1.807, 2.05) is 60.4 Å². The Morgan fingerprint density at radius 1 is 1.11 bits per heavy atom. The molecule has 4 nitrogen and oxygen atoms in total. The average Bonchev–Trinajstić information content (AvgIpc) is 2.93. The van der Waals surface area contributed by atoms with E-state index in [0.717, 1.165) is 16.8 Å². The Kier molecular flexibility index (Phi) is 6.19. The van der Waals surface area contributed by atoms with Crippen molar-refractivity contribution in [1.82, 2.24) is 0 Å². The van der Waals surface area contributed by atoms with Crippen molar-refractivity contribution in [3.8, 4) is 11.5 Å². The van der Waals surface area contributed by atoms with Crippen LogP contribution in [-0.4, -0.2) is 25.7 Å². The molecular formula is C24H27NO3. The minimum absolute atomic E-state index is 0.0415. The van der Waals surface area contributed by atoms with Crippen LogP contribution in [0.1, 0.15) is 31.9 Å². The van der Waals surface area contributed by atoms with Gasteiger partial charge in [-0.05, 0) is 42.7 Å². The highest BCUT2D eigenvalue weighted by Gasteiger charge is 2.32. The van der Waals surface area contributed by atoms with Crippen LogP contribution in [-0.2, 0) is 4.79 Å². The van der Waals surface area contributed by atoms with Crippen molar-refractivity contribution in [3.05, 3.63) is 66.2 Å². The number of benzene rings is 2. The summed E-state index contributed by atoms with van der Waals surface area (Å²) in [6, 6.07) is 13.7. The second kappa shape index (κ2) is 8.79. The molecule has 1 heterocycles. The highest BCUT2D eigenvalue weighted by Crippen LogP contribution is 2.39. The lowest BCUT2D eigenvalue weighted by Crippen LogP contribution is -2.30. The molecule has 1 aliphatic rings. The van der Waals surface area contributed by atoms with Crippen LogP contribution in [0.25, 0.3) is 11.6 Å². The maximum Gasteiger partial charge on any atom is 0.259 e. The Morgan fingerprint density at radius 3 is 2.61 bits per heavy atom. The maximum atomic E-state index is 13.1. The first-order valence-corrected chi connectivity index (χ1v) is 9.68. The fraction of sp³-hybridized carbons (Fsp3) is 0.292. The molecule has 0 atom stereocenters. The van der Waals surface area contributed by atoms with Crippen molar-refractivity contribution in [3.63, 3.8) is 0 Å². The number of rotatable bonds is 8. The summed E-state index contributed by atoms with van der Waals surface area (Å²) in [4.78, 5) is 15.0. The SMILES string of the molecule is C=CCOc1ccc(/C=C2\C(=O)N(CC(C)C)c3ccccc32)cc1OCC. The molecule has 2 aromatic carbocycles. The Labute approximate surface area is 167 Å². The van der Waals surface area contributed by atoms with Crippen molar-refractivity contribution in [2.45, 2.75) is 20.8 Å². The summed E-state index contributed by atoms with van der Waals surface area (Å²) in [5.74, 6) is 1.77. The highest BCUT2D eigenvalue weighted by atomic mass is 16.5. The first-order valence-electron chi connectivity index (χ1n) is 9.68. The van der Waals surface area contributed by atoms with Gasteiger partial charge in [0.1, 0.15) is 6.61 Å². The first-order chi connectivity index (χ1) is 13.5. The average molecular weight is 377 g/mol. The van der Waals surface area contributed by atoms with Gasteiger partial charge < -0.3 is 14.4 Å². The number of carbonyl (C=O) groups excluding carboxylic acids is 1. The number of para-hydroxylation sites is 1. The van der Waals surface area contributed by atoms with Crippen molar-refractivity contribution in [1.29, 1.82) is 0 Å². The van der Waals surface area contributed by atoms with E-state index < -0.39 is 0 Å². The molecule has 0 N–H and O–H groups in total. The van der Waals surface area contributed by atoms with Crippen molar-refractivity contribution in [2.24, 2.45) is 5.92 Å². The van der Waals surface area contributed by atoms with Crippen LogP contribution in [0.2, 0.25) is 0 Å². The van der Waals surface area contributed by atoms with Crippen LogP contribution in [0.3, 0.4) is 0 Å². The summed E-state index contributed by atoms with van der Waals surface area (Å²) in [7, 11) is 0. The molecule has 0 aliphatic carbocycles. The molecule has 2 aromatic rings. The Hall–Kier alpha value is -3.01. The lowest BCUT2D eigenvalue weighted by atomic mass is 10.0. The number of carbonyl (C=O) groups is 1. The summed E-state index contributed by atoms with van der Waals surface area (Å²) in [6.45, 7) is 11.5. The zero-order chi connectivity index (χ0) is 20.1. The number of amides is 1. The predicted octanol–water partition coefficient (Wildman–Crippen LogP) is 5.19. The van der Waals surface area contributed by atoms with Crippen LogP contribution in [0.4, 0.5) is 5.69 Å². The minimum atomic E-state index is 0.0415. The number of hydrogen-bond acceptors (Lipinski definition) is 3. The fourth-order valence-corrected chi connectivity index (χ4v) is 3.31. The van der Waals surface area contributed by atoms with E-state index in [0.29, 0.717) is 42.7 Å². The first kappa shape index (κ1) is 19.7. The third-order valence-corrected chi connectivity index (χ3v) is 4.44. The van der Waals surface area contributed by atoms with Gasteiger partial charge in [-0.2, -0.15) is 0 Å². The number of anilines is 1. The van der Waals surface area contributed by atoms with Gasteiger partial charge in [-0.25, -0.2) is 0 Å². The Bertz CT molecular complexity index is 898. The molecule has 0 saturated heterocycles. The summed E-state index contributed by atoms with van der Waals surface area (Å²) in [6.07, 6.45) is 3.63. The minimum Gasteiger partial charge on any atom is -0.490 e. The molecule has 146 valence electrons. The van der Waals surface area contributed by atoms with Gasteiger partial charge in [0.15, 0.2) is 11.5 Å². The Morgan fingerprint density at radius 2 is 1.89 bits per heavy atom. The van der Waals surface area contributed by atoms with Gasteiger partial charge in [0.2, 0.25) is 0 Å². The largest absolute Gasteiger partial charge is 0.490 e. The van der Waals surface area contributed by atoms with E-state index in [4.69, 9.17) is 9.47 Å². The van der Waals surface area contributed by atoms with E-state index in [-0.39, 0.29) is 5.91 Å². The van der Waals surface area contributed by atoms with Gasteiger partial charge in [-0.3, -0.25) is 4.79 Å². The van der Waals surface area contributed by atoms with E-state index in [9.17, 15) is 4.79 Å². The zero-order valence-electron chi connectivity index (χ0n) is 16.8. The lowest BCUT2D eigenvalue weighted by Gasteiger charge is -2.19. The third kappa shape index (κ3) is 4.11. The van der Waals surface area contributed by atoms with Gasteiger partial charge in [0, 0.05) is 17.7 Å². The monoisotopic (exact) mass is 377 g/mol. The molecular weight excluding hydrogens is 350 g/mol. The smallest absolute Gasteiger partial charge is 0.259 e. The van der Waals surface area contributed by atoms with E-state index in [1.54, 1.807) is 6.08 Å². The van der Waals surface area contributed by atoms with Crippen molar-refractivity contribution < 1.29 is 14.3 Å². The third-order valence-electron chi connectivity index (χ3n) is 4.44. The fourth-order valence-electron chi connectivity index (χ4n) is 3.31. The van der Waals surface area contributed by atoms with Crippen LogP contribution in [0.15, 0.2) is 55.1 Å². The Balaban J connectivity index is 1.99. The highest BCUT2D eigenvalue weighted by molar-refractivity contribution is 6.35. The van der Waals surface area contributed by atoms with Gasteiger partial charge in [0.05, 0.1) is 12.3 Å². The molecule has 4 heteroatoms. The normalized spacial score (nSPS) is 14.5. The molecule has 0 bridgehead atoms. The number of ether oxygens (including phenoxy) is 2. The molecule has 28 heavy (non-hydrogen) atoms. The van der Waals surface area contributed by atoms with Gasteiger partial charge >= 0.3 is 0 Å². The van der Waals surface area contributed by atoms with E-state index >= 15 is 0 Å². The number of hydrogen-bond donors (Lipinski definition) is 0. The molecule has 0 aromatic heterocycles. The standard InChI is InChI=1S/C24H27NO3/c1-5-13-28-22-12-11-18(15-23(22)27-6-2)14-20-19-9-7-8-10-21(19)25(24(20)26)16-17(3)4/h5,7-12,14-15,17H,1,6,13,16H2,2-4H3/b20-14-. The second-order valence-electron chi connectivity index (χ2n) is 7.12. The second-order valence-corrected chi connectivity index (χ2v) is 7.12. The molecule has 1 amide bonds. The van der Waals surface area contributed by atoms with Crippen LogP contribution in [0, 0.1) is 5.92 Å². The van der Waals surface area contributed by atoms with Crippen LogP contribution >= 0.6 is 0 Å². The summed E-state index contributed by atoms with van der Waals surface area (Å²) >= 11 is 0. The number of fused-ring (bicyclic) bond motifs is 1.